The number of nitrogens with one attached hydrogen (secondary N) is 1. The second kappa shape index (κ2) is 10.2. The van der Waals surface area contributed by atoms with Crippen molar-refractivity contribution in [3.05, 3.63) is 101 Å². The highest BCUT2D eigenvalue weighted by Crippen LogP contribution is 2.38. The zero-order chi connectivity index (χ0) is 25.0. The third kappa shape index (κ3) is 5.65. The molecule has 1 N–H and O–H groups in total. The SMILES string of the molecule is CCOC(=O)CC(c1ccc(C(F)(F)F)c(F)c1)c1c[nH]c2cc(OCc3ccccc3)ccc12. The molecule has 8 heteroatoms. The standard InChI is InChI=1S/C27H23F4NO3/c1-2-34-26(33)14-21(18-8-11-23(24(28)12-18)27(29,30)31)22-15-32-25-13-19(9-10-20(22)25)35-16-17-6-4-3-5-7-17/h3-13,15,21,32H,2,14,16H2,1H3. The molecule has 1 aromatic heterocycles. The van der Waals surface area contributed by atoms with Crippen LogP contribution in [0.15, 0.2) is 72.9 Å². The minimum Gasteiger partial charge on any atom is -0.489 e. The number of esters is 1. The van der Waals surface area contributed by atoms with Gasteiger partial charge in [-0.15, -0.1) is 0 Å². The van der Waals surface area contributed by atoms with Gasteiger partial charge in [0.1, 0.15) is 18.2 Å². The van der Waals surface area contributed by atoms with Gasteiger partial charge in [0.15, 0.2) is 0 Å². The quantitative estimate of drug-likeness (QED) is 0.216. The summed E-state index contributed by atoms with van der Waals surface area (Å²) in [5.74, 6) is -2.01. The number of aromatic amines is 1. The number of ether oxygens (including phenoxy) is 2. The number of rotatable bonds is 8. The zero-order valence-corrected chi connectivity index (χ0v) is 18.9. The van der Waals surface area contributed by atoms with E-state index in [1.807, 2.05) is 30.3 Å². The van der Waals surface area contributed by atoms with Crippen molar-refractivity contribution < 1.29 is 31.8 Å². The Bertz CT molecular complexity index is 1320. The van der Waals surface area contributed by atoms with E-state index in [-0.39, 0.29) is 18.6 Å². The van der Waals surface area contributed by atoms with E-state index in [9.17, 15) is 22.4 Å². The Balaban J connectivity index is 1.66. The minimum atomic E-state index is -4.81. The van der Waals surface area contributed by atoms with E-state index < -0.39 is 29.4 Å². The molecule has 1 atom stereocenters. The Hall–Kier alpha value is -3.81. The van der Waals surface area contributed by atoms with Gasteiger partial charge < -0.3 is 14.5 Å². The van der Waals surface area contributed by atoms with Gasteiger partial charge in [0.25, 0.3) is 0 Å². The van der Waals surface area contributed by atoms with Crippen LogP contribution in [0.3, 0.4) is 0 Å². The summed E-state index contributed by atoms with van der Waals surface area (Å²) in [5.41, 5.74) is 1.26. The first kappa shape index (κ1) is 24.3. The van der Waals surface area contributed by atoms with Gasteiger partial charge in [-0.1, -0.05) is 36.4 Å². The number of benzene rings is 3. The Kier molecular flexibility index (Phi) is 7.10. The summed E-state index contributed by atoms with van der Waals surface area (Å²) in [5, 5.41) is 0.742. The second-order valence-corrected chi connectivity index (χ2v) is 8.02. The van der Waals surface area contributed by atoms with Crippen LogP contribution in [0, 0.1) is 5.82 Å². The van der Waals surface area contributed by atoms with E-state index in [1.165, 1.54) is 6.07 Å². The van der Waals surface area contributed by atoms with Crippen molar-refractivity contribution >= 4 is 16.9 Å². The summed E-state index contributed by atoms with van der Waals surface area (Å²) >= 11 is 0. The highest BCUT2D eigenvalue weighted by atomic mass is 19.4. The van der Waals surface area contributed by atoms with E-state index >= 15 is 0 Å². The topological polar surface area (TPSA) is 51.3 Å². The lowest BCUT2D eigenvalue weighted by atomic mass is 9.87. The smallest absolute Gasteiger partial charge is 0.419 e. The van der Waals surface area contributed by atoms with Crippen LogP contribution >= 0.6 is 0 Å². The van der Waals surface area contributed by atoms with Gasteiger partial charge in [0, 0.05) is 29.1 Å². The fraction of sp³-hybridized carbons (Fsp3) is 0.222. The Morgan fingerprint density at radius 3 is 2.49 bits per heavy atom. The van der Waals surface area contributed by atoms with E-state index in [0.717, 1.165) is 17.0 Å². The van der Waals surface area contributed by atoms with E-state index in [1.54, 1.807) is 31.3 Å². The number of hydrogen-bond acceptors (Lipinski definition) is 3. The Morgan fingerprint density at radius 1 is 1.03 bits per heavy atom. The molecule has 182 valence electrons. The first-order valence-electron chi connectivity index (χ1n) is 11.1. The van der Waals surface area contributed by atoms with Crippen LogP contribution in [-0.2, 0) is 22.3 Å². The predicted octanol–water partition coefficient (Wildman–Crippen LogP) is 6.99. The molecule has 0 saturated carbocycles. The molecule has 0 aliphatic rings. The molecule has 0 amide bonds. The van der Waals surface area contributed by atoms with Crippen LogP contribution in [-0.4, -0.2) is 17.6 Å². The van der Waals surface area contributed by atoms with Crippen molar-refractivity contribution in [2.45, 2.75) is 32.0 Å². The van der Waals surface area contributed by atoms with Crippen LogP contribution in [0.1, 0.15) is 41.5 Å². The highest BCUT2D eigenvalue weighted by Gasteiger charge is 2.34. The fourth-order valence-corrected chi connectivity index (χ4v) is 4.02. The van der Waals surface area contributed by atoms with E-state index in [0.29, 0.717) is 29.5 Å². The molecule has 4 aromatic rings. The second-order valence-electron chi connectivity index (χ2n) is 8.02. The van der Waals surface area contributed by atoms with Crippen molar-refractivity contribution in [2.24, 2.45) is 0 Å². The third-order valence-corrected chi connectivity index (χ3v) is 5.69. The molecule has 35 heavy (non-hydrogen) atoms. The maximum Gasteiger partial charge on any atom is 0.419 e. The Labute approximate surface area is 199 Å². The van der Waals surface area contributed by atoms with E-state index in [2.05, 4.69) is 4.98 Å². The van der Waals surface area contributed by atoms with Crippen molar-refractivity contribution in [2.75, 3.05) is 6.61 Å². The number of H-pyrrole nitrogens is 1. The third-order valence-electron chi connectivity index (χ3n) is 5.69. The maximum atomic E-state index is 14.4. The summed E-state index contributed by atoms with van der Waals surface area (Å²) in [7, 11) is 0. The van der Waals surface area contributed by atoms with Gasteiger partial charge in [-0.05, 0) is 47.9 Å². The zero-order valence-electron chi connectivity index (χ0n) is 18.9. The predicted molar refractivity (Wildman–Crippen MR) is 124 cm³/mol. The molecule has 0 saturated heterocycles. The van der Waals surface area contributed by atoms with Gasteiger partial charge in [0.05, 0.1) is 18.6 Å². The molecule has 1 heterocycles. The average molecular weight is 485 g/mol. The van der Waals surface area contributed by atoms with Gasteiger partial charge in [-0.25, -0.2) is 4.39 Å². The van der Waals surface area contributed by atoms with Crippen molar-refractivity contribution in [3.63, 3.8) is 0 Å². The summed E-state index contributed by atoms with van der Waals surface area (Å²) < 4.78 is 64.4. The van der Waals surface area contributed by atoms with Crippen molar-refractivity contribution in [1.82, 2.24) is 4.98 Å². The number of fused-ring (bicyclic) bond motifs is 1. The van der Waals surface area contributed by atoms with Crippen LogP contribution in [0.5, 0.6) is 5.75 Å². The van der Waals surface area contributed by atoms with Crippen molar-refractivity contribution in [3.8, 4) is 5.75 Å². The molecule has 0 aliphatic heterocycles. The normalized spacial score (nSPS) is 12.5. The van der Waals surface area contributed by atoms with Crippen molar-refractivity contribution in [1.29, 1.82) is 0 Å². The van der Waals surface area contributed by atoms with E-state index in [4.69, 9.17) is 9.47 Å². The molecule has 0 bridgehead atoms. The molecule has 0 spiro atoms. The fourth-order valence-electron chi connectivity index (χ4n) is 4.02. The minimum absolute atomic E-state index is 0.155. The molecule has 0 aliphatic carbocycles. The summed E-state index contributed by atoms with van der Waals surface area (Å²) in [6.07, 6.45) is -3.29. The number of halogens is 4. The lowest BCUT2D eigenvalue weighted by Crippen LogP contribution is -2.13. The van der Waals surface area contributed by atoms with Crippen LogP contribution in [0.4, 0.5) is 17.6 Å². The van der Waals surface area contributed by atoms with Gasteiger partial charge in [-0.2, -0.15) is 13.2 Å². The van der Waals surface area contributed by atoms with Crippen LogP contribution in [0.25, 0.3) is 10.9 Å². The molecule has 0 fully saturated rings. The summed E-state index contributed by atoms with van der Waals surface area (Å²) in [6.45, 7) is 2.20. The van der Waals surface area contributed by atoms with Gasteiger partial charge in [-0.3, -0.25) is 4.79 Å². The van der Waals surface area contributed by atoms with Crippen LogP contribution < -0.4 is 4.74 Å². The summed E-state index contributed by atoms with van der Waals surface area (Å²) in [4.78, 5) is 15.4. The van der Waals surface area contributed by atoms with Crippen LogP contribution in [0.2, 0.25) is 0 Å². The maximum absolute atomic E-state index is 14.4. The lowest BCUT2D eigenvalue weighted by Gasteiger charge is -2.18. The monoisotopic (exact) mass is 485 g/mol. The number of carbonyl (C=O) groups excluding carboxylic acids is 1. The average Bonchev–Trinajstić information content (AvgIpc) is 3.24. The molecule has 0 radical (unpaired) electrons. The van der Waals surface area contributed by atoms with Gasteiger partial charge >= 0.3 is 12.1 Å². The first-order chi connectivity index (χ1) is 16.8. The molecule has 4 rings (SSSR count). The number of aromatic nitrogens is 1. The number of hydrogen-bond donors (Lipinski definition) is 1. The number of alkyl halides is 3. The molecule has 3 aromatic carbocycles. The Morgan fingerprint density at radius 2 is 1.80 bits per heavy atom. The summed E-state index contributed by atoms with van der Waals surface area (Å²) in [6, 6.07) is 17.8. The highest BCUT2D eigenvalue weighted by molar-refractivity contribution is 5.86. The molecule has 4 nitrogen and oxygen atoms in total. The molecular weight excluding hydrogens is 462 g/mol. The molecular formula is C27H23F4NO3. The number of carbonyl (C=O) groups is 1. The largest absolute Gasteiger partial charge is 0.489 e. The molecule has 1 unspecified atom stereocenters. The van der Waals surface area contributed by atoms with Gasteiger partial charge in [0.2, 0.25) is 0 Å². The lowest BCUT2D eigenvalue weighted by molar-refractivity contribution is -0.143. The first-order valence-corrected chi connectivity index (χ1v) is 11.1.